The zero-order chi connectivity index (χ0) is 4.50. The van der Waals surface area contributed by atoms with Crippen LogP contribution in [0.3, 0.4) is 0 Å². The van der Waals surface area contributed by atoms with Crippen molar-refractivity contribution in [3.8, 4) is 0 Å². The third-order valence-electron chi connectivity index (χ3n) is 0. The molecule has 0 amide bonds. The predicted octanol–water partition coefficient (Wildman–Crippen LogP) is 3.47. The molecule has 0 aromatic rings. The molecule has 6 heavy (non-hydrogen) atoms. The molecular formula is H2Cl4NTi-. The van der Waals surface area contributed by atoms with Crippen molar-refractivity contribution in [2.45, 2.75) is 0 Å². The second-order valence-corrected chi connectivity index (χ2v) is 15.9. The number of halogens is 4. The van der Waals surface area contributed by atoms with E-state index in [0.29, 0.717) is 0 Å². The van der Waals surface area contributed by atoms with E-state index in [2.05, 4.69) is 0 Å². The molecular weight excluding hydrogens is 204 g/mol. The minimum atomic E-state index is -3.11. The van der Waals surface area contributed by atoms with Gasteiger partial charge in [0.1, 0.15) is 0 Å². The molecule has 0 heterocycles. The van der Waals surface area contributed by atoms with Crippen molar-refractivity contribution in [1.29, 1.82) is 0 Å². The molecule has 40 valence electrons. The van der Waals surface area contributed by atoms with Gasteiger partial charge in [0.15, 0.2) is 0 Å². The zero-order valence-electron chi connectivity index (χ0n) is 2.59. The summed E-state index contributed by atoms with van der Waals surface area (Å²) in [5.41, 5.74) is 0. The first-order chi connectivity index (χ1) is 2.00. The molecule has 0 saturated carbocycles. The molecule has 0 fully saturated rings. The van der Waals surface area contributed by atoms with Crippen molar-refractivity contribution in [3.05, 3.63) is 6.15 Å². The molecule has 0 unspecified atom stereocenters. The van der Waals surface area contributed by atoms with Gasteiger partial charge in [-0.05, 0) is 0 Å². The number of nitrogens with two attached hydrogens (primary N) is 1. The summed E-state index contributed by atoms with van der Waals surface area (Å²) >= 11 is -3.11. The maximum atomic E-state index is 5.01. The smallest absolute Gasteiger partial charge is 0.693 e. The Balaban J connectivity index is 0. The standard InChI is InChI=1S/4ClH.H2N.Ti/h4*1H;1H2;/q;;;;-1;+4/p-4. The maximum Gasteiger partial charge on any atom is -0.693 e. The molecule has 0 saturated heterocycles. The second-order valence-electron chi connectivity index (χ2n) is 0.429. The molecule has 0 aromatic carbocycles. The molecule has 2 N–H and O–H groups in total. The van der Waals surface area contributed by atoms with E-state index in [0.717, 1.165) is 0 Å². The first-order valence-electron chi connectivity index (χ1n) is 0.756. The predicted molar refractivity (Wildman–Crippen MR) is 28.7 cm³/mol. The first-order valence-corrected chi connectivity index (χ1v) is 9.35. The van der Waals surface area contributed by atoms with Crippen molar-refractivity contribution < 1.29 is 12.3 Å². The van der Waals surface area contributed by atoms with Crippen molar-refractivity contribution in [2.24, 2.45) is 0 Å². The zero-order valence-corrected chi connectivity index (χ0v) is 7.17. The van der Waals surface area contributed by atoms with E-state index in [1.54, 1.807) is 0 Å². The topological polar surface area (TPSA) is 33.5 Å². The van der Waals surface area contributed by atoms with Gasteiger partial charge in [0, 0.05) is 0 Å². The molecule has 0 aliphatic carbocycles. The SMILES string of the molecule is [Cl][Ti]([Cl])([Cl])[Cl].[NH2-]. The minimum absolute atomic E-state index is 0. The van der Waals surface area contributed by atoms with Gasteiger partial charge in [0.25, 0.3) is 0 Å². The van der Waals surface area contributed by atoms with Crippen LogP contribution >= 0.6 is 37.2 Å². The Bertz CT molecular complexity index is 23.0. The monoisotopic (exact) mass is 204 g/mol. The van der Waals surface area contributed by atoms with Crippen LogP contribution in [-0.2, 0) is 12.3 Å². The van der Waals surface area contributed by atoms with Crippen LogP contribution in [0.5, 0.6) is 0 Å². The van der Waals surface area contributed by atoms with Gasteiger partial charge < -0.3 is 6.15 Å². The van der Waals surface area contributed by atoms with Gasteiger partial charge in [-0.1, -0.05) is 0 Å². The molecule has 0 bridgehead atoms. The maximum absolute atomic E-state index is 5.01. The molecule has 0 spiro atoms. The summed E-state index contributed by atoms with van der Waals surface area (Å²) < 4.78 is 0. The van der Waals surface area contributed by atoms with Gasteiger partial charge in [-0.2, -0.15) is 0 Å². The average Bonchev–Trinajstić information content (AvgIpc) is 0.722. The van der Waals surface area contributed by atoms with E-state index < -0.39 is 12.3 Å². The summed E-state index contributed by atoms with van der Waals surface area (Å²) in [5, 5.41) is 0. The van der Waals surface area contributed by atoms with Crippen LogP contribution in [0.2, 0.25) is 0 Å². The molecule has 0 radical (unpaired) electrons. The van der Waals surface area contributed by atoms with Crippen LogP contribution in [-0.4, -0.2) is 0 Å². The Kier molecular flexibility index (Phi) is 6.79. The van der Waals surface area contributed by atoms with Crippen LogP contribution in [0, 0.1) is 0 Å². The molecule has 6 heteroatoms. The summed E-state index contributed by atoms with van der Waals surface area (Å²) in [6.45, 7) is 0. The van der Waals surface area contributed by atoms with Crippen LogP contribution in [0.15, 0.2) is 0 Å². The van der Waals surface area contributed by atoms with Crippen molar-refractivity contribution in [2.75, 3.05) is 0 Å². The van der Waals surface area contributed by atoms with Gasteiger partial charge in [0.2, 0.25) is 0 Å². The molecule has 0 aromatic heterocycles. The Morgan fingerprint density at radius 3 is 0.833 bits per heavy atom. The molecule has 0 aliphatic heterocycles. The third-order valence-corrected chi connectivity index (χ3v) is 0. The van der Waals surface area contributed by atoms with E-state index in [-0.39, 0.29) is 6.15 Å². The average molecular weight is 206 g/mol. The van der Waals surface area contributed by atoms with E-state index in [4.69, 9.17) is 37.2 Å². The van der Waals surface area contributed by atoms with E-state index >= 15 is 0 Å². The van der Waals surface area contributed by atoms with E-state index in [9.17, 15) is 0 Å². The summed E-state index contributed by atoms with van der Waals surface area (Å²) in [4.78, 5) is 0. The molecule has 0 atom stereocenters. The van der Waals surface area contributed by atoms with Gasteiger partial charge in [-0.3, -0.25) is 0 Å². The van der Waals surface area contributed by atoms with Crippen LogP contribution < -0.4 is 0 Å². The Labute approximate surface area is 55.3 Å². The van der Waals surface area contributed by atoms with Gasteiger partial charge in [0.05, 0.1) is 0 Å². The summed E-state index contributed by atoms with van der Waals surface area (Å²) in [7, 11) is 20.1. The fourth-order valence-electron chi connectivity index (χ4n) is 0. The van der Waals surface area contributed by atoms with Gasteiger partial charge in [-0.25, -0.2) is 0 Å². The van der Waals surface area contributed by atoms with E-state index in [1.807, 2.05) is 0 Å². The van der Waals surface area contributed by atoms with Gasteiger partial charge >= 0.3 is 49.6 Å². The fraction of sp³-hybridized carbons (Fsp3) is 0. The summed E-state index contributed by atoms with van der Waals surface area (Å²) in [6.07, 6.45) is 0. The quantitative estimate of drug-likeness (QED) is 0.543. The van der Waals surface area contributed by atoms with Crippen LogP contribution in [0.4, 0.5) is 0 Å². The number of hydrogen-bond donors (Lipinski definition) is 0. The molecule has 0 aliphatic rings. The van der Waals surface area contributed by atoms with Crippen molar-refractivity contribution in [3.63, 3.8) is 0 Å². The third kappa shape index (κ3) is 40.5. The Morgan fingerprint density at radius 1 is 0.833 bits per heavy atom. The Morgan fingerprint density at radius 2 is 0.833 bits per heavy atom. The van der Waals surface area contributed by atoms with Crippen LogP contribution in [0.25, 0.3) is 6.15 Å². The number of hydrogen-bond acceptors (Lipinski definition) is 0. The van der Waals surface area contributed by atoms with Crippen molar-refractivity contribution in [1.82, 2.24) is 0 Å². The Hall–Kier alpha value is 1.83. The second kappa shape index (κ2) is 3.79. The molecule has 0 rings (SSSR count). The van der Waals surface area contributed by atoms with Crippen molar-refractivity contribution >= 4 is 37.2 Å². The number of rotatable bonds is 0. The first kappa shape index (κ1) is 10.8. The summed E-state index contributed by atoms with van der Waals surface area (Å²) in [6, 6.07) is 0. The van der Waals surface area contributed by atoms with Gasteiger partial charge in [-0.15, -0.1) is 0 Å². The van der Waals surface area contributed by atoms with Crippen LogP contribution in [0.1, 0.15) is 0 Å². The molecule has 1 nitrogen and oxygen atoms in total. The van der Waals surface area contributed by atoms with E-state index in [1.165, 1.54) is 0 Å². The summed E-state index contributed by atoms with van der Waals surface area (Å²) in [5.74, 6) is 0. The fourth-order valence-corrected chi connectivity index (χ4v) is 0. The normalized spacial score (nSPS) is 10.0. The minimum Gasteiger partial charge on any atom is -0.693 e. The largest absolute Gasteiger partial charge is 0.693 e.